The van der Waals surface area contributed by atoms with Gasteiger partial charge in [-0.3, -0.25) is 9.59 Å². The summed E-state index contributed by atoms with van der Waals surface area (Å²) < 4.78 is 4.98. The van der Waals surface area contributed by atoms with E-state index in [0.29, 0.717) is 11.3 Å². The first-order valence-corrected chi connectivity index (χ1v) is 9.65. The molecule has 2 amide bonds. The third kappa shape index (κ3) is 6.79. The summed E-state index contributed by atoms with van der Waals surface area (Å²) in [4.78, 5) is 36.0. The van der Waals surface area contributed by atoms with Crippen molar-refractivity contribution >= 4 is 40.9 Å². The van der Waals surface area contributed by atoms with Crippen molar-refractivity contribution in [3.8, 4) is 0 Å². The number of anilines is 2. The largest absolute Gasteiger partial charge is 0.462 e. The van der Waals surface area contributed by atoms with Gasteiger partial charge in [-0.25, -0.2) is 4.79 Å². The topological polar surface area (TPSA) is 84.5 Å². The summed E-state index contributed by atoms with van der Waals surface area (Å²) >= 11 is 1.20. The molecule has 0 aliphatic rings. The van der Waals surface area contributed by atoms with Crippen molar-refractivity contribution < 1.29 is 19.1 Å². The lowest BCUT2D eigenvalue weighted by Gasteiger charge is -2.10. The molecule has 7 heteroatoms. The van der Waals surface area contributed by atoms with Gasteiger partial charge >= 0.3 is 5.97 Å². The van der Waals surface area contributed by atoms with Gasteiger partial charge in [0.2, 0.25) is 11.8 Å². The van der Waals surface area contributed by atoms with Crippen LogP contribution >= 0.6 is 11.8 Å². The van der Waals surface area contributed by atoms with Gasteiger partial charge in [0, 0.05) is 5.69 Å². The van der Waals surface area contributed by atoms with E-state index < -0.39 is 5.97 Å². The van der Waals surface area contributed by atoms with Crippen LogP contribution in [0.1, 0.15) is 22.8 Å². The fourth-order valence-corrected chi connectivity index (χ4v) is 2.94. The van der Waals surface area contributed by atoms with E-state index in [4.69, 9.17) is 4.74 Å². The Morgan fingerprint density at radius 1 is 0.963 bits per heavy atom. The average Bonchev–Trinajstić information content (AvgIpc) is 2.62. The standard InChI is InChI=1S/C20H22N2O4S/c1-3-26-20(25)16-9-4-5-10-17(16)22-19(24)13-27-12-18(23)21-15-8-6-7-14(2)11-15/h4-11H,3,12-13H2,1-2H3,(H,21,23)(H,22,24). The maximum Gasteiger partial charge on any atom is 0.340 e. The Hall–Kier alpha value is -2.80. The minimum Gasteiger partial charge on any atom is -0.462 e. The molecule has 0 aromatic heterocycles. The fraction of sp³-hybridized carbons (Fsp3) is 0.250. The van der Waals surface area contributed by atoms with E-state index in [2.05, 4.69) is 10.6 Å². The molecule has 0 bridgehead atoms. The Labute approximate surface area is 162 Å². The molecule has 27 heavy (non-hydrogen) atoms. The van der Waals surface area contributed by atoms with Crippen LogP contribution in [0.15, 0.2) is 48.5 Å². The minimum absolute atomic E-state index is 0.0956. The van der Waals surface area contributed by atoms with E-state index in [0.717, 1.165) is 11.3 Å². The molecular weight excluding hydrogens is 364 g/mol. The first-order chi connectivity index (χ1) is 13.0. The van der Waals surface area contributed by atoms with Crippen molar-refractivity contribution in [3.63, 3.8) is 0 Å². The number of carbonyl (C=O) groups excluding carboxylic acids is 3. The van der Waals surface area contributed by atoms with Gasteiger partial charge < -0.3 is 15.4 Å². The Morgan fingerprint density at radius 2 is 1.67 bits per heavy atom. The number of carbonyl (C=O) groups is 3. The summed E-state index contributed by atoms with van der Waals surface area (Å²) in [6.45, 7) is 3.92. The van der Waals surface area contributed by atoms with Crippen LogP contribution in [0.3, 0.4) is 0 Å². The van der Waals surface area contributed by atoms with Crippen molar-refractivity contribution in [2.24, 2.45) is 0 Å². The normalized spacial score (nSPS) is 10.1. The van der Waals surface area contributed by atoms with E-state index in [9.17, 15) is 14.4 Å². The monoisotopic (exact) mass is 386 g/mol. The summed E-state index contributed by atoms with van der Waals surface area (Å²) in [6.07, 6.45) is 0. The molecule has 2 aromatic rings. The summed E-state index contributed by atoms with van der Waals surface area (Å²) in [5, 5.41) is 5.48. The summed E-state index contributed by atoms with van der Waals surface area (Å²) in [5.74, 6) is -0.705. The number of rotatable bonds is 8. The lowest BCUT2D eigenvalue weighted by Crippen LogP contribution is -2.20. The van der Waals surface area contributed by atoms with E-state index in [1.54, 1.807) is 31.2 Å². The quantitative estimate of drug-likeness (QED) is 0.679. The second kappa shape index (κ2) is 10.4. The maximum atomic E-state index is 12.1. The van der Waals surface area contributed by atoms with Crippen molar-refractivity contribution in [1.29, 1.82) is 0 Å². The highest BCUT2D eigenvalue weighted by Crippen LogP contribution is 2.17. The van der Waals surface area contributed by atoms with Crippen LogP contribution in [-0.4, -0.2) is 35.9 Å². The molecule has 0 unspecified atom stereocenters. The third-order valence-electron chi connectivity index (χ3n) is 3.46. The van der Waals surface area contributed by atoms with Crippen LogP contribution in [0.5, 0.6) is 0 Å². The number of hydrogen-bond acceptors (Lipinski definition) is 5. The van der Waals surface area contributed by atoms with Gasteiger partial charge in [0.25, 0.3) is 0 Å². The summed E-state index contributed by atoms with van der Waals surface area (Å²) in [7, 11) is 0. The van der Waals surface area contributed by atoms with Crippen LogP contribution in [-0.2, 0) is 14.3 Å². The molecule has 0 heterocycles. The third-order valence-corrected chi connectivity index (χ3v) is 4.40. The number of ether oxygens (including phenoxy) is 1. The number of nitrogens with one attached hydrogen (secondary N) is 2. The smallest absolute Gasteiger partial charge is 0.340 e. The van der Waals surface area contributed by atoms with Crippen LogP contribution in [0.2, 0.25) is 0 Å². The Kier molecular flexibility index (Phi) is 7.88. The molecular formula is C20H22N2O4S. The van der Waals surface area contributed by atoms with Gasteiger partial charge in [-0.05, 0) is 43.7 Å². The number of aryl methyl sites for hydroxylation is 1. The molecule has 0 radical (unpaired) electrons. The van der Waals surface area contributed by atoms with E-state index in [1.807, 2.05) is 31.2 Å². The minimum atomic E-state index is -0.487. The van der Waals surface area contributed by atoms with E-state index >= 15 is 0 Å². The molecule has 6 nitrogen and oxygen atoms in total. The number of hydrogen-bond donors (Lipinski definition) is 2. The molecule has 0 saturated carbocycles. The van der Waals surface area contributed by atoms with Crippen LogP contribution < -0.4 is 10.6 Å². The Balaban J connectivity index is 1.81. The van der Waals surface area contributed by atoms with Gasteiger partial charge in [-0.1, -0.05) is 24.3 Å². The summed E-state index contributed by atoms with van der Waals surface area (Å²) in [5.41, 5.74) is 2.48. The van der Waals surface area contributed by atoms with Crippen LogP contribution in [0.25, 0.3) is 0 Å². The lowest BCUT2D eigenvalue weighted by atomic mass is 10.2. The highest BCUT2D eigenvalue weighted by atomic mass is 32.2. The molecule has 2 rings (SSSR count). The molecule has 0 aliphatic heterocycles. The highest BCUT2D eigenvalue weighted by molar-refractivity contribution is 8.00. The number of amides is 2. The highest BCUT2D eigenvalue weighted by Gasteiger charge is 2.14. The molecule has 0 aliphatic carbocycles. The SMILES string of the molecule is CCOC(=O)c1ccccc1NC(=O)CSCC(=O)Nc1cccc(C)c1. The zero-order chi connectivity index (χ0) is 19.6. The van der Waals surface area contributed by atoms with Gasteiger partial charge in [0.15, 0.2) is 0 Å². The number of esters is 1. The van der Waals surface area contributed by atoms with Crippen molar-refractivity contribution in [1.82, 2.24) is 0 Å². The first kappa shape index (κ1) is 20.5. The fourth-order valence-electron chi connectivity index (χ4n) is 2.32. The molecule has 0 saturated heterocycles. The van der Waals surface area contributed by atoms with Crippen LogP contribution in [0.4, 0.5) is 11.4 Å². The Bertz CT molecular complexity index is 823. The zero-order valence-electron chi connectivity index (χ0n) is 15.3. The molecule has 2 N–H and O–H groups in total. The Morgan fingerprint density at radius 3 is 2.37 bits per heavy atom. The number of benzene rings is 2. The van der Waals surface area contributed by atoms with Gasteiger partial charge in [-0.2, -0.15) is 0 Å². The molecule has 0 fully saturated rings. The average molecular weight is 386 g/mol. The van der Waals surface area contributed by atoms with Gasteiger partial charge in [0.1, 0.15) is 0 Å². The maximum absolute atomic E-state index is 12.1. The zero-order valence-corrected chi connectivity index (χ0v) is 16.1. The van der Waals surface area contributed by atoms with Gasteiger partial charge in [-0.15, -0.1) is 11.8 Å². The van der Waals surface area contributed by atoms with E-state index in [-0.39, 0.29) is 29.9 Å². The summed E-state index contributed by atoms with van der Waals surface area (Å²) in [6, 6.07) is 14.2. The number of para-hydroxylation sites is 1. The first-order valence-electron chi connectivity index (χ1n) is 8.50. The van der Waals surface area contributed by atoms with E-state index in [1.165, 1.54) is 11.8 Å². The molecule has 0 spiro atoms. The predicted octanol–water partition coefficient (Wildman–Crippen LogP) is 3.48. The molecule has 2 aromatic carbocycles. The molecule has 142 valence electrons. The van der Waals surface area contributed by atoms with Crippen molar-refractivity contribution in [2.45, 2.75) is 13.8 Å². The molecule has 0 atom stereocenters. The van der Waals surface area contributed by atoms with Crippen molar-refractivity contribution in [2.75, 3.05) is 28.7 Å². The second-order valence-corrected chi connectivity index (χ2v) is 6.71. The predicted molar refractivity (Wildman–Crippen MR) is 108 cm³/mol. The number of thioether (sulfide) groups is 1. The van der Waals surface area contributed by atoms with Crippen molar-refractivity contribution in [3.05, 3.63) is 59.7 Å². The second-order valence-electron chi connectivity index (χ2n) is 5.72. The lowest BCUT2D eigenvalue weighted by molar-refractivity contribution is -0.114. The van der Waals surface area contributed by atoms with Gasteiger partial charge in [0.05, 0.1) is 29.4 Å². The van der Waals surface area contributed by atoms with Crippen LogP contribution in [0, 0.1) is 6.92 Å².